The maximum Gasteiger partial charge on any atom is 0.146 e. The average Bonchev–Trinajstić information content (AvgIpc) is 2.69. The van der Waals surface area contributed by atoms with Crippen molar-refractivity contribution in [2.24, 2.45) is 12.8 Å². The highest BCUT2D eigenvalue weighted by Crippen LogP contribution is 2.09. The quantitative estimate of drug-likeness (QED) is 0.673. The second kappa shape index (κ2) is 8.23. The SMILES string of the molecule is CCCCCCCCCc1nnc(CN)n1C. The second-order valence-electron chi connectivity index (χ2n) is 4.67. The first-order chi connectivity index (χ1) is 8.29. The molecule has 0 radical (unpaired) electrons. The van der Waals surface area contributed by atoms with E-state index >= 15 is 0 Å². The van der Waals surface area contributed by atoms with Crippen molar-refractivity contribution < 1.29 is 0 Å². The van der Waals surface area contributed by atoms with Crippen molar-refractivity contribution in [3.63, 3.8) is 0 Å². The Morgan fingerprint density at radius 3 is 2.12 bits per heavy atom. The number of hydrogen-bond donors (Lipinski definition) is 1. The van der Waals surface area contributed by atoms with Gasteiger partial charge >= 0.3 is 0 Å². The van der Waals surface area contributed by atoms with Crippen LogP contribution >= 0.6 is 0 Å². The predicted octanol–water partition coefficient (Wildman–Crippen LogP) is 2.57. The summed E-state index contributed by atoms with van der Waals surface area (Å²) in [7, 11) is 2.00. The summed E-state index contributed by atoms with van der Waals surface area (Å²) in [5.41, 5.74) is 5.56. The van der Waals surface area contributed by atoms with E-state index in [9.17, 15) is 0 Å². The molecule has 0 unspecified atom stereocenters. The minimum absolute atomic E-state index is 0.473. The highest BCUT2D eigenvalue weighted by Gasteiger charge is 2.05. The van der Waals surface area contributed by atoms with Gasteiger partial charge in [-0.1, -0.05) is 45.4 Å². The Morgan fingerprint density at radius 1 is 0.941 bits per heavy atom. The van der Waals surface area contributed by atoms with Crippen LogP contribution in [-0.2, 0) is 20.0 Å². The molecule has 0 aliphatic carbocycles. The maximum absolute atomic E-state index is 5.56. The van der Waals surface area contributed by atoms with Crippen LogP contribution in [0.5, 0.6) is 0 Å². The molecule has 0 aliphatic heterocycles. The third-order valence-corrected chi connectivity index (χ3v) is 3.24. The summed E-state index contributed by atoms with van der Waals surface area (Å²) in [5, 5.41) is 8.23. The molecule has 0 aliphatic rings. The Kier molecular flexibility index (Phi) is 6.86. The minimum Gasteiger partial charge on any atom is -0.324 e. The van der Waals surface area contributed by atoms with Gasteiger partial charge in [-0.25, -0.2) is 0 Å². The van der Waals surface area contributed by atoms with E-state index in [1.54, 1.807) is 0 Å². The summed E-state index contributed by atoms with van der Waals surface area (Å²) in [6, 6.07) is 0. The summed E-state index contributed by atoms with van der Waals surface area (Å²) in [6.45, 7) is 2.73. The van der Waals surface area contributed by atoms with E-state index in [4.69, 9.17) is 5.73 Å². The smallest absolute Gasteiger partial charge is 0.146 e. The Bertz CT molecular complexity index is 306. The first-order valence-corrected chi connectivity index (χ1v) is 6.86. The van der Waals surface area contributed by atoms with Gasteiger partial charge in [0, 0.05) is 13.5 Å². The summed E-state index contributed by atoms with van der Waals surface area (Å²) >= 11 is 0. The van der Waals surface area contributed by atoms with Crippen molar-refractivity contribution in [3.8, 4) is 0 Å². The van der Waals surface area contributed by atoms with E-state index in [0.29, 0.717) is 6.54 Å². The molecule has 2 N–H and O–H groups in total. The number of nitrogens with two attached hydrogens (primary N) is 1. The van der Waals surface area contributed by atoms with Crippen LogP contribution in [0.4, 0.5) is 0 Å². The standard InChI is InChI=1S/C13H26N4/c1-3-4-5-6-7-8-9-10-12-15-16-13(11-14)17(12)2/h3-11,14H2,1-2H3. The van der Waals surface area contributed by atoms with Crippen LogP contribution in [0, 0.1) is 0 Å². The Balaban J connectivity index is 2.11. The molecule has 17 heavy (non-hydrogen) atoms. The van der Waals surface area contributed by atoms with Crippen molar-refractivity contribution in [2.75, 3.05) is 0 Å². The molecule has 1 heterocycles. The maximum atomic E-state index is 5.56. The molecule has 0 saturated heterocycles. The van der Waals surface area contributed by atoms with Crippen molar-refractivity contribution in [1.82, 2.24) is 14.8 Å². The first-order valence-electron chi connectivity index (χ1n) is 6.86. The summed E-state index contributed by atoms with van der Waals surface area (Å²) in [5.74, 6) is 1.95. The third kappa shape index (κ3) is 4.86. The number of aromatic nitrogens is 3. The van der Waals surface area contributed by atoms with Crippen LogP contribution in [0.2, 0.25) is 0 Å². The van der Waals surface area contributed by atoms with Crippen LogP contribution in [0.1, 0.15) is 63.5 Å². The molecule has 4 nitrogen and oxygen atoms in total. The molecule has 0 aromatic carbocycles. The van der Waals surface area contributed by atoms with Gasteiger partial charge in [0.25, 0.3) is 0 Å². The van der Waals surface area contributed by atoms with Crippen molar-refractivity contribution >= 4 is 0 Å². The van der Waals surface area contributed by atoms with Gasteiger partial charge in [-0.2, -0.15) is 0 Å². The monoisotopic (exact) mass is 238 g/mol. The van der Waals surface area contributed by atoms with Gasteiger partial charge in [0.15, 0.2) is 0 Å². The first kappa shape index (κ1) is 14.2. The molecule has 1 aromatic rings. The van der Waals surface area contributed by atoms with Gasteiger partial charge in [0.2, 0.25) is 0 Å². The van der Waals surface area contributed by atoms with Gasteiger partial charge in [0.1, 0.15) is 11.6 Å². The highest BCUT2D eigenvalue weighted by molar-refractivity contribution is 4.94. The van der Waals surface area contributed by atoms with Crippen LogP contribution < -0.4 is 5.73 Å². The predicted molar refractivity (Wildman–Crippen MR) is 70.6 cm³/mol. The third-order valence-electron chi connectivity index (χ3n) is 3.24. The van der Waals surface area contributed by atoms with E-state index in [0.717, 1.165) is 18.1 Å². The zero-order valence-electron chi connectivity index (χ0n) is 11.3. The lowest BCUT2D eigenvalue weighted by Crippen LogP contribution is -2.07. The van der Waals surface area contributed by atoms with Crippen LogP contribution in [0.15, 0.2) is 0 Å². The topological polar surface area (TPSA) is 56.7 Å². The van der Waals surface area contributed by atoms with Gasteiger partial charge < -0.3 is 10.3 Å². The summed E-state index contributed by atoms with van der Waals surface area (Å²) in [6.07, 6.45) is 10.3. The van der Waals surface area contributed by atoms with E-state index in [-0.39, 0.29) is 0 Å². The lowest BCUT2D eigenvalue weighted by Gasteiger charge is -2.03. The fourth-order valence-corrected chi connectivity index (χ4v) is 2.03. The lowest BCUT2D eigenvalue weighted by atomic mass is 10.1. The molecule has 0 saturated carbocycles. The Labute approximate surface area is 105 Å². The van der Waals surface area contributed by atoms with Gasteiger partial charge in [-0.3, -0.25) is 0 Å². The molecular weight excluding hydrogens is 212 g/mol. The van der Waals surface area contributed by atoms with Gasteiger partial charge in [-0.05, 0) is 6.42 Å². The molecule has 0 fully saturated rings. The number of nitrogens with zero attached hydrogens (tertiary/aromatic N) is 3. The summed E-state index contributed by atoms with van der Waals surface area (Å²) in [4.78, 5) is 0. The fourth-order valence-electron chi connectivity index (χ4n) is 2.03. The highest BCUT2D eigenvalue weighted by atomic mass is 15.3. The van der Waals surface area contributed by atoms with Crippen LogP contribution in [0.3, 0.4) is 0 Å². The molecule has 98 valence electrons. The minimum atomic E-state index is 0.473. The zero-order chi connectivity index (χ0) is 12.5. The average molecular weight is 238 g/mol. The van der Waals surface area contributed by atoms with Crippen molar-refractivity contribution in [2.45, 2.75) is 64.8 Å². The zero-order valence-corrected chi connectivity index (χ0v) is 11.3. The van der Waals surface area contributed by atoms with E-state index in [2.05, 4.69) is 17.1 Å². The molecule has 0 bridgehead atoms. The summed E-state index contributed by atoms with van der Waals surface area (Å²) < 4.78 is 2.02. The van der Waals surface area contributed by atoms with Gasteiger partial charge in [0.05, 0.1) is 6.54 Å². The van der Waals surface area contributed by atoms with Crippen molar-refractivity contribution in [3.05, 3.63) is 11.6 Å². The largest absolute Gasteiger partial charge is 0.324 e. The normalized spacial score (nSPS) is 11.0. The Hall–Kier alpha value is -0.900. The second-order valence-corrected chi connectivity index (χ2v) is 4.67. The Morgan fingerprint density at radius 2 is 1.53 bits per heavy atom. The fraction of sp³-hybridized carbons (Fsp3) is 0.846. The lowest BCUT2D eigenvalue weighted by molar-refractivity contribution is 0.579. The number of hydrogen-bond acceptors (Lipinski definition) is 3. The molecule has 1 rings (SSSR count). The number of aryl methyl sites for hydroxylation is 1. The van der Waals surface area contributed by atoms with Crippen LogP contribution in [0.25, 0.3) is 0 Å². The molecule has 0 amide bonds. The molecule has 1 aromatic heterocycles. The van der Waals surface area contributed by atoms with Crippen molar-refractivity contribution in [1.29, 1.82) is 0 Å². The van der Waals surface area contributed by atoms with Gasteiger partial charge in [-0.15, -0.1) is 10.2 Å². The molecule has 4 heteroatoms. The molecule has 0 atom stereocenters. The molecular formula is C13H26N4. The number of rotatable bonds is 9. The number of unbranched alkanes of at least 4 members (excludes halogenated alkanes) is 6. The van der Waals surface area contributed by atoms with E-state index < -0.39 is 0 Å². The van der Waals surface area contributed by atoms with E-state index in [1.165, 1.54) is 44.9 Å². The van der Waals surface area contributed by atoms with Crippen LogP contribution in [-0.4, -0.2) is 14.8 Å². The van der Waals surface area contributed by atoms with E-state index in [1.807, 2.05) is 11.6 Å². The molecule has 0 spiro atoms.